The third-order valence-corrected chi connectivity index (χ3v) is 4.68. The molecule has 2 heterocycles. The van der Waals surface area contributed by atoms with Crippen molar-refractivity contribution < 1.29 is 14.3 Å². The van der Waals surface area contributed by atoms with E-state index in [2.05, 4.69) is 37.2 Å². The van der Waals surface area contributed by atoms with E-state index in [0.717, 1.165) is 9.08 Å². The number of ether oxygens (including phenoxy) is 1. The molecule has 18 heavy (non-hydrogen) atoms. The maximum atomic E-state index is 11.7. The number of esters is 1. The number of amides is 1. The topological polar surface area (TPSA) is 60.3 Å². The van der Waals surface area contributed by atoms with E-state index in [1.54, 1.807) is 13.0 Å². The number of nitrogens with zero attached hydrogens (tertiary/aromatic N) is 1. The number of halogens is 2. The SMILES string of the molecule is CCOC(=O)C[C@@H]1CNC(=O)c2cc(Br)c(Br)n21. The highest BCUT2D eigenvalue weighted by Crippen LogP contribution is 2.33. The van der Waals surface area contributed by atoms with Gasteiger partial charge in [-0.2, -0.15) is 0 Å². The van der Waals surface area contributed by atoms with Gasteiger partial charge in [-0.05, 0) is 44.8 Å². The summed E-state index contributed by atoms with van der Waals surface area (Å²) >= 11 is 6.78. The quantitative estimate of drug-likeness (QED) is 0.819. The molecule has 1 aromatic heterocycles. The molecule has 0 radical (unpaired) electrons. The van der Waals surface area contributed by atoms with Crippen LogP contribution in [0.3, 0.4) is 0 Å². The number of aromatic nitrogens is 1. The summed E-state index contributed by atoms with van der Waals surface area (Å²) in [6.07, 6.45) is 0.237. The summed E-state index contributed by atoms with van der Waals surface area (Å²) in [5.41, 5.74) is 0.536. The van der Waals surface area contributed by atoms with Crippen molar-refractivity contribution in [3.8, 4) is 0 Å². The Morgan fingerprint density at radius 1 is 1.61 bits per heavy atom. The van der Waals surface area contributed by atoms with E-state index in [-0.39, 0.29) is 24.3 Å². The number of nitrogens with one attached hydrogen (secondary N) is 1. The standard InChI is InChI=1S/C11H12Br2N2O3/c1-2-18-9(16)3-6-5-14-11(17)8-4-7(12)10(13)15(6)8/h4,6H,2-3,5H2,1H3,(H,14,17)/t6-/m1/s1. The number of fused-ring (bicyclic) bond motifs is 1. The fraction of sp³-hybridized carbons (Fsp3) is 0.455. The second-order valence-corrected chi connectivity index (χ2v) is 5.52. The zero-order chi connectivity index (χ0) is 13.3. The van der Waals surface area contributed by atoms with Gasteiger partial charge in [0.1, 0.15) is 5.69 Å². The summed E-state index contributed by atoms with van der Waals surface area (Å²) in [4.78, 5) is 23.3. The summed E-state index contributed by atoms with van der Waals surface area (Å²) in [5.74, 6) is -0.400. The molecule has 0 aliphatic carbocycles. The van der Waals surface area contributed by atoms with Crippen molar-refractivity contribution in [3.63, 3.8) is 0 Å². The Hall–Kier alpha value is -0.820. The molecule has 5 nitrogen and oxygen atoms in total. The molecule has 1 amide bonds. The minimum atomic E-state index is -0.263. The van der Waals surface area contributed by atoms with Crippen LogP contribution in [0.2, 0.25) is 0 Å². The Labute approximate surface area is 121 Å². The van der Waals surface area contributed by atoms with Crippen molar-refractivity contribution in [2.24, 2.45) is 0 Å². The smallest absolute Gasteiger partial charge is 0.307 e. The van der Waals surface area contributed by atoms with Crippen molar-refractivity contribution in [1.29, 1.82) is 0 Å². The zero-order valence-electron chi connectivity index (χ0n) is 9.70. The lowest BCUT2D eigenvalue weighted by Crippen LogP contribution is -2.39. The lowest BCUT2D eigenvalue weighted by atomic mass is 10.1. The minimum Gasteiger partial charge on any atom is -0.466 e. The average molecular weight is 380 g/mol. The highest BCUT2D eigenvalue weighted by atomic mass is 79.9. The number of rotatable bonds is 3. The van der Waals surface area contributed by atoms with E-state index in [1.165, 1.54) is 0 Å². The van der Waals surface area contributed by atoms with Crippen LogP contribution >= 0.6 is 31.9 Å². The lowest BCUT2D eigenvalue weighted by molar-refractivity contribution is -0.144. The van der Waals surface area contributed by atoms with E-state index >= 15 is 0 Å². The van der Waals surface area contributed by atoms with E-state index < -0.39 is 0 Å². The summed E-state index contributed by atoms with van der Waals surface area (Å²) in [6.45, 7) is 2.56. The molecule has 0 bridgehead atoms. The highest BCUT2D eigenvalue weighted by molar-refractivity contribution is 9.13. The molecule has 2 rings (SSSR count). The number of hydrogen-bond acceptors (Lipinski definition) is 3. The predicted octanol–water partition coefficient (Wildman–Crippen LogP) is 2.25. The van der Waals surface area contributed by atoms with Crippen LogP contribution in [0.1, 0.15) is 29.9 Å². The molecule has 1 aromatic rings. The van der Waals surface area contributed by atoms with Gasteiger partial charge in [0.15, 0.2) is 0 Å². The largest absolute Gasteiger partial charge is 0.466 e. The first-order chi connectivity index (χ1) is 8.54. The third-order valence-electron chi connectivity index (χ3n) is 2.74. The monoisotopic (exact) mass is 378 g/mol. The third kappa shape index (κ3) is 2.47. The van der Waals surface area contributed by atoms with E-state index in [9.17, 15) is 9.59 Å². The van der Waals surface area contributed by atoms with Crippen molar-refractivity contribution in [1.82, 2.24) is 9.88 Å². The first kappa shape index (κ1) is 13.6. The number of carbonyl (C=O) groups is 2. The van der Waals surface area contributed by atoms with Crippen molar-refractivity contribution in [2.45, 2.75) is 19.4 Å². The van der Waals surface area contributed by atoms with E-state index in [0.29, 0.717) is 18.8 Å². The van der Waals surface area contributed by atoms with Crippen molar-refractivity contribution in [2.75, 3.05) is 13.2 Å². The van der Waals surface area contributed by atoms with Gasteiger partial charge in [-0.1, -0.05) is 0 Å². The van der Waals surface area contributed by atoms with Crippen LogP contribution in [0.5, 0.6) is 0 Å². The molecule has 1 N–H and O–H groups in total. The molecule has 0 aromatic carbocycles. The molecule has 0 fully saturated rings. The fourth-order valence-corrected chi connectivity index (χ4v) is 2.97. The second kappa shape index (κ2) is 5.44. The van der Waals surface area contributed by atoms with Crippen molar-refractivity contribution >= 4 is 43.7 Å². The van der Waals surface area contributed by atoms with E-state index in [1.807, 2.05) is 4.57 Å². The molecular formula is C11H12Br2N2O3. The molecule has 1 atom stereocenters. The summed E-state index contributed by atoms with van der Waals surface area (Å²) in [5, 5.41) is 2.77. The van der Waals surface area contributed by atoms with Crippen LogP contribution in [0.25, 0.3) is 0 Å². The van der Waals surface area contributed by atoms with Gasteiger partial charge in [0, 0.05) is 6.54 Å². The fourth-order valence-electron chi connectivity index (χ4n) is 1.97. The van der Waals surface area contributed by atoms with Gasteiger partial charge in [-0.25, -0.2) is 0 Å². The molecule has 7 heteroatoms. The van der Waals surface area contributed by atoms with Gasteiger partial charge in [-0.15, -0.1) is 0 Å². The van der Waals surface area contributed by atoms with Crippen LogP contribution in [0, 0.1) is 0 Å². The maximum Gasteiger partial charge on any atom is 0.307 e. The Bertz CT molecular complexity index is 499. The minimum absolute atomic E-state index is 0.127. The normalized spacial score (nSPS) is 18.2. The number of carbonyl (C=O) groups excluding carboxylic acids is 2. The Morgan fingerprint density at radius 2 is 2.33 bits per heavy atom. The summed E-state index contributed by atoms with van der Waals surface area (Å²) < 4.78 is 8.32. The van der Waals surface area contributed by atoms with Gasteiger partial charge in [-0.3, -0.25) is 9.59 Å². The highest BCUT2D eigenvalue weighted by Gasteiger charge is 2.30. The Kier molecular flexibility index (Phi) is 4.11. The maximum absolute atomic E-state index is 11.7. The van der Waals surface area contributed by atoms with Crippen LogP contribution < -0.4 is 5.32 Å². The predicted molar refractivity (Wildman–Crippen MR) is 72.5 cm³/mol. The molecule has 0 saturated carbocycles. The molecule has 1 aliphatic rings. The Balaban J connectivity index is 2.28. The van der Waals surface area contributed by atoms with Crippen molar-refractivity contribution in [3.05, 3.63) is 20.8 Å². The first-order valence-corrected chi connectivity index (χ1v) is 7.13. The van der Waals surface area contributed by atoms with Gasteiger partial charge < -0.3 is 14.6 Å². The molecule has 0 saturated heterocycles. The van der Waals surface area contributed by atoms with Gasteiger partial charge >= 0.3 is 5.97 Å². The van der Waals surface area contributed by atoms with E-state index in [4.69, 9.17) is 4.74 Å². The Morgan fingerprint density at radius 3 is 3.00 bits per heavy atom. The van der Waals surface area contributed by atoms with Crippen LogP contribution in [0.4, 0.5) is 0 Å². The second-order valence-electron chi connectivity index (χ2n) is 3.91. The molecule has 98 valence electrons. The average Bonchev–Trinajstić information content (AvgIpc) is 2.61. The first-order valence-electron chi connectivity index (χ1n) is 5.54. The zero-order valence-corrected chi connectivity index (χ0v) is 12.9. The molecular weight excluding hydrogens is 368 g/mol. The summed E-state index contributed by atoms with van der Waals surface area (Å²) in [6, 6.07) is 1.61. The van der Waals surface area contributed by atoms with Crippen LogP contribution in [-0.4, -0.2) is 29.6 Å². The lowest BCUT2D eigenvalue weighted by Gasteiger charge is -2.26. The van der Waals surface area contributed by atoms with Gasteiger partial charge in [0.25, 0.3) is 5.91 Å². The summed E-state index contributed by atoms with van der Waals surface area (Å²) in [7, 11) is 0. The molecule has 1 aliphatic heterocycles. The van der Waals surface area contributed by atoms with Gasteiger partial charge in [0.2, 0.25) is 0 Å². The van der Waals surface area contributed by atoms with Gasteiger partial charge in [0.05, 0.1) is 28.1 Å². The van der Waals surface area contributed by atoms with Crippen LogP contribution in [0.15, 0.2) is 15.1 Å². The molecule has 0 spiro atoms. The number of hydrogen-bond donors (Lipinski definition) is 1. The van der Waals surface area contributed by atoms with Crippen LogP contribution in [-0.2, 0) is 9.53 Å². The molecule has 0 unspecified atom stereocenters.